The number of furan rings is 1. The summed E-state index contributed by atoms with van der Waals surface area (Å²) in [5, 5.41) is 7.17. The maximum absolute atomic E-state index is 6.74. The fraction of sp³-hybridized carbons (Fsp3) is 0. The van der Waals surface area contributed by atoms with Crippen LogP contribution in [0.4, 0.5) is 0 Å². The summed E-state index contributed by atoms with van der Waals surface area (Å²) in [4.78, 5) is 5.13. The number of nitrogens with zero attached hydrogens (tertiary/aromatic N) is 3. The second-order valence-electron chi connectivity index (χ2n) is 10.4. The first-order valence-electron chi connectivity index (χ1n) is 13.4. The van der Waals surface area contributed by atoms with Gasteiger partial charge in [-0.1, -0.05) is 72.8 Å². The molecule has 0 saturated heterocycles. The highest BCUT2D eigenvalue weighted by Gasteiger charge is 2.23. The van der Waals surface area contributed by atoms with Crippen LogP contribution in [0, 0.1) is 0 Å². The largest absolute Gasteiger partial charge is 0.438 e. The van der Waals surface area contributed by atoms with Gasteiger partial charge in [0, 0.05) is 26.2 Å². The van der Waals surface area contributed by atoms with Crippen LogP contribution in [0.5, 0.6) is 0 Å². The molecule has 0 unspecified atom stereocenters. The fourth-order valence-corrected chi connectivity index (χ4v) is 7.79. The van der Waals surface area contributed by atoms with Crippen LogP contribution in [0.1, 0.15) is 0 Å². The van der Waals surface area contributed by atoms with E-state index in [1.165, 1.54) is 36.3 Å². The summed E-state index contributed by atoms with van der Waals surface area (Å²) in [5.41, 5.74) is 8.25. The Hall–Kier alpha value is -5.13. The van der Waals surface area contributed by atoms with Crippen molar-refractivity contribution < 1.29 is 4.42 Å². The highest BCUT2D eigenvalue weighted by molar-refractivity contribution is 7.26. The van der Waals surface area contributed by atoms with Crippen LogP contribution < -0.4 is 0 Å². The highest BCUT2D eigenvalue weighted by Crippen LogP contribution is 2.45. The SMILES string of the molecule is c1ccc2c(c1)sc1c2oc2c1c1ccccc1n2-c1ccc2nc3c4ccccc4c4ccccc4n3c2c1. The summed E-state index contributed by atoms with van der Waals surface area (Å²) in [6.45, 7) is 0. The van der Waals surface area contributed by atoms with E-state index < -0.39 is 0 Å². The second kappa shape index (κ2) is 7.29. The van der Waals surface area contributed by atoms with Crippen LogP contribution in [-0.4, -0.2) is 14.0 Å². The standard InChI is InChI=1S/C35H19N3OS/c1-2-11-23-21(9-1)22-10-3-6-14-27(22)38-29-19-20(17-18-26(29)36-34(23)38)37-28-15-7-4-12-24(28)31-33-32(39-35(31)37)25-13-5-8-16-30(25)40-33/h1-19H. The quantitative estimate of drug-likeness (QED) is 0.198. The molecule has 0 fully saturated rings. The molecule has 0 aliphatic carbocycles. The lowest BCUT2D eigenvalue weighted by atomic mass is 10.1. The Kier molecular flexibility index (Phi) is 3.79. The molecule has 5 aromatic heterocycles. The summed E-state index contributed by atoms with van der Waals surface area (Å²) >= 11 is 1.81. The van der Waals surface area contributed by atoms with E-state index in [4.69, 9.17) is 9.40 Å². The first kappa shape index (κ1) is 20.8. The molecule has 5 heterocycles. The summed E-state index contributed by atoms with van der Waals surface area (Å²) in [7, 11) is 0. The first-order chi connectivity index (χ1) is 19.8. The van der Waals surface area contributed by atoms with Crippen LogP contribution in [0.3, 0.4) is 0 Å². The zero-order valence-electron chi connectivity index (χ0n) is 21.1. The van der Waals surface area contributed by atoms with Gasteiger partial charge >= 0.3 is 0 Å². The third kappa shape index (κ3) is 2.49. The van der Waals surface area contributed by atoms with Crippen molar-refractivity contribution in [3.05, 3.63) is 115 Å². The van der Waals surface area contributed by atoms with Crippen molar-refractivity contribution in [2.75, 3.05) is 0 Å². The molecular weight excluding hydrogens is 510 g/mol. The smallest absolute Gasteiger partial charge is 0.214 e. The predicted molar refractivity (Wildman–Crippen MR) is 167 cm³/mol. The molecule has 0 spiro atoms. The van der Waals surface area contributed by atoms with Gasteiger partial charge in [-0.05, 0) is 47.9 Å². The number of pyridine rings is 1. The van der Waals surface area contributed by atoms with Crippen LogP contribution >= 0.6 is 11.3 Å². The lowest BCUT2D eigenvalue weighted by Gasteiger charge is -2.10. The Bertz CT molecular complexity index is 2670. The number of para-hydroxylation sites is 2. The van der Waals surface area contributed by atoms with Crippen molar-refractivity contribution in [1.82, 2.24) is 14.0 Å². The molecule has 40 heavy (non-hydrogen) atoms. The van der Waals surface area contributed by atoms with E-state index in [0.29, 0.717) is 0 Å². The molecule has 5 heteroatoms. The van der Waals surface area contributed by atoms with Gasteiger partial charge in [-0.2, -0.15) is 0 Å². The fourth-order valence-electron chi connectivity index (χ4n) is 6.61. The van der Waals surface area contributed by atoms with Gasteiger partial charge in [0.05, 0.1) is 37.8 Å². The van der Waals surface area contributed by atoms with Gasteiger partial charge in [0.2, 0.25) is 5.71 Å². The van der Waals surface area contributed by atoms with Crippen molar-refractivity contribution in [1.29, 1.82) is 0 Å². The molecule has 0 aliphatic rings. The van der Waals surface area contributed by atoms with Crippen molar-refractivity contribution >= 4 is 92.1 Å². The molecule has 0 saturated carbocycles. The molecule has 0 amide bonds. The van der Waals surface area contributed by atoms with Crippen LogP contribution in [0.15, 0.2) is 120 Å². The van der Waals surface area contributed by atoms with Crippen LogP contribution in [0.2, 0.25) is 0 Å². The molecule has 186 valence electrons. The Morgan fingerprint density at radius 1 is 0.600 bits per heavy atom. The Balaban J connectivity index is 1.36. The molecule has 0 radical (unpaired) electrons. The maximum atomic E-state index is 6.74. The van der Waals surface area contributed by atoms with Gasteiger partial charge in [-0.25, -0.2) is 4.98 Å². The third-order valence-electron chi connectivity index (χ3n) is 8.31. The van der Waals surface area contributed by atoms with E-state index in [9.17, 15) is 0 Å². The number of fused-ring (bicyclic) bond motifs is 15. The average molecular weight is 530 g/mol. The minimum Gasteiger partial charge on any atom is -0.438 e. The summed E-state index contributed by atoms with van der Waals surface area (Å²) in [5.74, 6) is 0. The summed E-state index contributed by atoms with van der Waals surface area (Å²) in [6.07, 6.45) is 0. The van der Waals surface area contributed by atoms with Crippen LogP contribution in [-0.2, 0) is 0 Å². The third-order valence-corrected chi connectivity index (χ3v) is 9.48. The molecule has 0 bridgehead atoms. The predicted octanol–water partition coefficient (Wildman–Crippen LogP) is 9.85. The van der Waals surface area contributed by atoms with Gasteiger partial charge < -0.3 is 4.42 Å². The van der Waals surface area contributed by atoms with Crippen molar-refractivity contribution in [3.63, 3.8) is 0 Å². The Morgan fingerprint density at radius 2 is 1.30 bits per heavy atom. The lowest BCUT2D eigenvalue weighted by molar-refractivity contribution is 0.649. The molecule has 10 rings (SSSR count). The number of thiophene rings is 1. The van der Waals surface area contributed by atoms with Crippen molar-refractivity contribution in [3.8, 4) is 5.69 Å². The van der Waals surface area contributed by atoms with Crippen molar-refractivity contribution in [2.24, 2.45) is 0 Å². The van der Waals surface area contributed by atoms with Gasteiger partial charge in [0.1, 0.15) is 5.65 Å². The normalized spacial score (nSPS) is 12.5. The molecule has 0 atom stereocenters. The van der Waals surface area contributed by atoms with Gasteiger partial charge in [-0.15, -0.1) is 11.3 Å². The molecule has 5 aromatic carbocycles. The monoisotopic (exact) mass is 529 g/mol. The number of rotatable bonds is 1. The first-order valence-corrected chi connectivity index (χ1v) is 14.2. The maximum Gasteiger partial charge on any atom is 0.214 e. The Morgan fingerprint density at radius 3 is 2.17 bits per heavy atom. The number of aromatic nitrogens is 3. The summed E-state index contributed by atoms with van der Waals surface area (Å²) < 4.78 is 13.8. The van der Waals surface area contributed by atoms with Gasteiger partial charge in [0.15, 0.2) is 5.58 Å². The molecule has 4 nitrogen and oxygen atoms in total. The number of hydrogen-bond donors (Lipinski definition) is 0. The molecular formula is C35H19N3OS. The lowest BCUT2D eigenvalue weighted by Crippen LogP contribution is -1.95. The topological polar surface area (TPSA) is 35.4 Å². The van der Waals surface area contributed by atoms with E-state index in [2.05, 4.69) is 124 Å². The van der Waals surface area contributed by atoms with Gasteiger partial charge in [0.25, 0.3) is 0 Å². The number of hydrogen-bond acceptors (Lipinski definition) is 3. The molecule has 0 aliphatic heterocycles. The number of benzene rings is 5. The van der Waals surface area contributed by atoms with Crippen molar-refractivity contribution in [2.45, 2.75) is 0 Å². The summed E-state index contributed by atoms with van der Waals surface area (Å²) in [6, 6.07) is 40.9. The van der Waals surface area contributed by atoms with E-state index in [1.54, 1.807) is 0 Å². The van der Waals surface area contributed by atoms with E-state index in [1.807, 2.05) is 11.3 Å². The number of imidazole rings is 1. The highest BCUT2D eigenvalue weighted by atomic mass is 32.1. The second-order valence-corrected chi connectivity index (χ2v) is 11.5. The zero-order chi connectivity index (χ0) is 25.9. The molecule has 10 aromatic rings. The average Bonchev–Trinajstić information content (AvgIpc) is 3.74. The van der Waals surface area contributed by atoms with Crippen LogP contribution in [0.25, 0.3) is 86.4 Å². The van der Waals surface area contributed by atoms with E-state index in [-0.39, 0.29) is 0 Å². The zero-order valence-corrected chi connectivity index (χ0v) is 21.9. The van der Waals surface area contributed by atoms with E-state index >= 15 is 0 Å². The minimum atomic E-state index is 0.886. The molecule has 0 N–H and O–H groups in total. The minimum absolute atomic E-state index is 0.886. The van der Waals surface area contributed by atoms with Gasteiger partial charge in [-0.3, -0.25) is 8.97 Å². The Labute approximate surface area is 230 Å². The van der Waals surface area contributed by atoms with E-state index in [0.717, 1.165) is 50.1 Å².